The molecule has 0 aliphatic rings. The topological polar surface area (TPSA) is 33.2 Å². The quantitative estimate of drug-likeness (QED) is 0.851. The van der Waals surface area contributed by atoms with E-state index in [4.69, 9.17) is 0 Å². The van der Waals surface area contributed by atoms with Crippen molar-refractivity contribution in [2.75, 3.05) is 14.1 Å². The molecule has 1 heterocycles. The van der Waals surface area contributed by atoms with Crippen molar-refractivity contribution in [2.45, 2.75) is 25.8 Å². The standard InChI is InChI=1S/C12H17BrN2O/c1-12(2,15(3)4)11(16)6-9-5-10(13)8-14-7-9/h5,7-8H,6H2,1-4H3. The second-order valence-corrected chi connectivity index (χ2v) is 5.48. The summed E-state index contributed by atoms with van der Waals surface area (Å²) in [5.41, 5.74) is 0.497. The van der Waals surface area contributed by atoms with Crippen molar-refractivity contribution in [1.29, 1.82) is 0 Å². The Morgan fingerprint density at radius 3 is 2.56 bits per heavy atom. The minimum Gasteiger partial charge on any atom is -0.298 e. The van der Waals surface area contributed by atoms with Crippen molar-refractivity contribution in [3.8, 4) is 0 Å². The minimum absolute atomic E-state index is 0.192. The van der Waals surface area contributed by atoms with Gasteiger partial charge in [-0.15, -0.1) is 0 Å². The molecule has 0 saturated carbocycles. The van der Waals surface area contributed by atoms with Gasteiger partial charge in [0.2, 0.25) is 0 Å². The van der Waals surface area contributed by atoms with Crippen LogP contribution in [-0.4, -0.2) is 35.3 Å². The summed E-state index contributed by atoms with van der Waals surface area (Å²) in [4.78, 5) is 18.1. The number of carbonyl (C=O) groups excluding carboxylic acids is 1. The van der Waals surface area contributed by atoms with E-state index < -0.39 is 5.54 Å². The van der Waals surface area contributed by atoms with Crippen LogP contribution in [0, 0.1) is 0 Å². The van der Waals surface area contributed by atoms with Crippen molar-refractivity contribution < 1.29 is 4.79 Å². The molecule has 1 aromatic rings. The molecule has 88 valence electrons. The summed E-state index contributed by atoms with van der Waals surface area (Å²) in [5.74, 6) is 0.192. The molecule has 0 aliphatic carbocycles. The van der Waals surface area contributed by atoms with Crippen molar-refractivity contribution in [1.82, 2.24) is 9.88 Å². The van der Waals surface area contributed by atoms with Crippen LogP contribution in [0.3, 0.4) is 0 Å². The molecular weight excluding hydrogens is 268 g/mol. The number of pyridine rings is 1. The molecule has 0 unspecified atom stereocenters. The molecule has 0 aliphatic heterocycles. The lowest BCUT2D eigenvalue weighted by atomic mass is 9.93. The van der Waals surface area contributed by atoms with Gasteiger partial charge in [-0.1, -0.05) is 0 Å². The van der Waals surface area contributed by atoms with Gasteiger partial charge in [-0.25, -0.2) is 0 Å². The normalized spacial score (nSPS) is 11.9. The van der Waals surface area contributed by atoms with E-state index in [9.17, 15) is 4.79 Å². The first-order valence-electron chi connectivity index (χ1n) is 5.14. The van der Waals surface area contributed by atoms with Gasteiger partial charge < -0.3 is 0 Å². The van der Waals surface area contributed by atoms with Crippen LogP contribution in [-0.2, 0) is 11.2 Å². The van der Waals surface area contributed by atoms with Crippen LogP contribution in [0.4, 0.5) is 0 Å². The molecule has 16 heavy (non-hydrogen) atoms. The smallest absolute Gasteiger partial charge is 0.156 e. The first-order chi connectivity index (χ1) is 7.34. The molecule has 4 heteroatoms. The van der Waals surface area contributed by atoms with E-state index in [0.717, 1.165) is 10.0 Å². The van der Waals surface area contributed by atoms with Gasteiger partial charge in [-0.05, 0) is 55.5 Å². The monoisotopic (exact) mass is 284 g/mol. The first-order valence-corrected chi connectivity index (χ1v) is 5.93. The summed E-state index contributed by atoms with van der Waals surface area (Å²) >= 11 is 3.35. The number of rotatable bonds is 4. The summed E-state index contributed by atoms with van der Waals surface area (Å²) < 4.78 is 0.903. The van der Waals surface area contributed by atoms with Crippen molar-refractivity contribution in [2.24, 2.45) is 0 Å². The van der Waals surface area contributed by atoms with Crippen molar-refractivity contribution in [3.05, 3.63) is 28.5 Å². The zero-order chi connectivity index (χ0) is 12.3. The van der Waals surface area contributed by atoms with Gasteiger partial charge in [0, 0.05) is 23.3 Å². The average Bonchev–Trinajstić information content (AvgIpc) is 2.17. The van der Waals surface area contributed by atoms with Crippen molar-refractivity contribution in [3.63, 3.8) is 0 Å². The number of nitrogens with zero attached hydrogens (tertiary/aromatic N) is 2. The Labute approximate surface area is 105 Å². The molecule has 0 fully saturated rings. The molecule has 1 rings (SSSR count). The van der Waals surface area contributed by atoms with Gasteiger partial charge >= 0.3 is 0 Å². The maximum Gasteiger partial charge on any atom is 0.156 e. The summed E-state index contributed by atoms with van der Waals surface area (Å²) in [6, 6.07) is 1.93. The van der Waals surface area contributed by atoms with E-state index in [1.54, 1.807) is 12.4 Å². The molecule has 0 N–H and O–H groups in total. The summed E-state index contributed by atoms with van der Waals surface area (Å²) in [6.07, 6.45) is 3.86. The van der Waals surface area contributed by atoms with Gasteiger partial charge in [0.05, 0.1) is 5.54 Å². The van der Waals surface area contributed by atoms with Gasteiger partial charge in [-0.3, -0.25) is 14.7 Å². The number of aromatic nitrogens is 1. The van der Waals surface area contributed by atoms with E-state index in [-0.39, 0.29) is 5.78 Å². The van der Waals surface area contributed by atoms with Crippen LogP contribution in [0.15, 0.2) is 22.9 Å². The minimum atomic E-state index is -0.442. The highest BCUT2D eigenvalue weighted by Crippen LogP contribution is 2.16. The van der Waals surface area contributed by atoms with E-state index in [1.165, 1.54) is 0 Å². The second kappa shape index (κ2) is 5.06. The Balaban J connectivity index is 2.79. The Bertz CT molecular complexity index is 388. The number of carbonyl (C=O) groups is 1. The SMILES string of the molecule is CN(C)C(C)(C)C(=O)Cc1cncc(Br)c1. The lowest BCUT2D eigenvalue weighted by molar-refractivity contribution is -0.127. The van der Waals surface area contributed by atoms with Gasteiger partial charge in [0.15, 0.2) is 5.78 Å². The molecule has 0 aromatic carbocycles. The molecule has 0 atom stereocenters. The summed E-state index contributed by atoms with van der Waals surface area (Å²) in [6.45, 7) is 3.86. The fourth-order valence-electron chi connectivity index (χ4n) is 1.20. The predicted molar refractivity (Wildman–Crippen MR) is 68.4 cm³/mol. The van der Waals surface area contributed by atoms with Crippen LogP contribution in [0.5, 0.6) is 0 Å². The highest BCUT2D eigenvalue weighted by atomic mass is 79.9. The zero-order valence-electron chi connectivity index (χ0n) is 10.1. The van der Waals surface area contributed by atoms with Crippen LogP contribution in [0.25, 0.3) is 0 Å². The predicted octanol–water partition coefficient (Wildman–Crippen LogP) is 2.30. The molecule has 0 radical (unpaired) electrons. The average molecular weight is 285 g/mol. The largest absolute Gasteiger partial charge is 0.298 e. The molecule has 1 aromatic heterocycles. The van der Waals surface area contributed by atoms with Crippen LogP contribution >= 0.6 is 15.9 Å². The van der Waals surface area contributed by atoms with Crippen molar-refractivity contribution >= 4 is 21.7 Å². The van der Waals surface area contributed by atoms with Crippen LogP contribution < -0.4 is 0 Å². The van der Waals surface area contributed by atoms with E-state index >= 15 is 0 Å². The number of halogens is 1. The third-order valence-corrected chi connectivity index (χ3v) is 3.36. The third kappa shape index (κ3) is 3.12. The molecule has 0 saturated heterocycles. The fourth-order valence-corrected chi connectivity index (χ4v) is 1.62. The lowest BCUT2D eigenvalue weighted by Gasteiger charge is -2.30. The highest BCUT2D eigenvalue weighted by Gasteiger charge is 2.29. The number of likely N-dealkylation sites (N-methyl/N-ethyl adjacent to an activating group) is 1. The van der Waals surface area contributed by atoms with E-state index in [0.29, 0.717) is 6.42 Å². The Morgan fingerprint density at radius 1 is 1.44 bits per heavy atom. The Kier molecular flexibility index (Phi) is 4.21. The number of Topliss-reactive ketones (excluding diaryl/α,β-unsaturated/α-hetero) is 1. The molecule has 0 spiro atoms. The number of hydrogen-bond donors (Lipinski definition) is 0. The number of ketones is 1. The molecule has 3 nitrogen and oxygen atoms in total. The lowest BCUT2D eigenvalue weighted by Crippen LogP contribution is -2.46. The summed E-state index contributed by atoms with van der Waals surface area (Å²) in [7, 11) is 3.83. The van der Waals surface area contributed by atoms with Gasteiger partial charge in [-0.2, -0.15) is 0 Å². The zero-order valence-corrected chi connectivity index (χ0v) is 11.7. The second-order valence-electron chi connectivity index (χ2n) is 4.56. The van der Waals surface area contributed by atoms with Crippen LogP contribution in [0.1, 0.15) is 19.4 Å². The van der Waals surface area contributed by atoms with E-state index in [2.05, 4.69) is 20.9 Å². The summed E-state index contributed by atoms with van der Waals surface area (Å²) in [5, 5.41) is 0. The fraction of sp³-hybridized carbons (Fsp3) is 0.500. The molecular formula is C12H17BrN2O. The van der Waals surface area contributed by atoms with E-state index in [1.807, 2.05) is 38.9 Å². The highest BCUT2D eigenvalue weighted by molar-refractivity contribution is 9.10. The maximum atomic E-state index is 12.1. The molecule has 0 amide bonds. The van der Waals surface area contributed by atoms with Gasteiger partial charge in [0.1, 0.15) is 0 Å². The third-order valence-electron chi connectivity index (χ3n) is 2.93. The van der Waals surface area contributed by atoms with Gasteiger partial charge in [0.25, 0.3) is 0 Å². The first kappa shape index (κ1) is 13.3. The Morgan fingerprint density at radius 2 is 2.06 bits per heavy atom. The Hall–Kier alpha value is -0.740. The number of hydrogen-bond acceptors (Lipinski definition) is 3. The molecule has 0 bridgehead atoms. The van der Waals surface area contributed by atoms with Crippen LogP contribution in [0.2, 0.25) is 0 Å². The maximum absolute atomic E-state index is 12.1.